The Balaban J connectivity index is 1.07. The Morgan fingerprint density at radius 1 is 0.322 bits per heavy atom. The van der Waals surface area contributed by atoms with E-state index in [0.717, 1.165) is 16.6 Å². The first-order valence-corrected chi connectivity index (χ1v) is 20.4. The minimum absolute atomic E-state index is 1.14. The number of pyridine rings is 1. The van der Waals surface area contributed by atoms with Crippen LogP contribution in [-0.2, 0) is 0 Å². The summed E-state index contributed by atoms with van der Waals surface area (Å²) in [6.07, 6.45) is 3.86. The summed E-state index contributed by atoms with van der Waals surface area (Å²) in [5.74, 6) is 0. The van der Waals surface area contributed by atoms with E-state index in [2.05, 4.69) is 204 Å². The van der Waals surface area contributed by atoms with Gasteiger partial charge in [-0.25, -0.2) is 0 Å². The predicted molar refractivity (Wildman–Crippen MR) is 249 cm³/mol. The number of fused-ring (bicyclic) bond motifs is 9. The van der Waals surface area contributed by atoms with Gasteiger partial charge in [0.25, 0.3) is 0 Å². The van der Waals surface area contributed by atoms with Crippen LogP contribution in [0.4, 0.5) is 0 Å². The van der Waals surface area contributed by atoms with E-state index < -0.39 is 0 Å². The van der Waals surface area contributed by atoms with Crippen LogP contribution in [0.5, 0.6) is 0 Å². The fourth-order valence-corrected chi connectivity index (χ4v) is 10.2. The number of rotatable bonds is 4. The second kappa shape index (κ2) is 12.3. The van der Waals surface area contributed by atoms with Crippen LogP contribution >= 0.6 is 0 Å². The number of benzene rings is 10. The maximum absolute atomic E-state index is 4.46. The molecule has 0 radical (unpaired) electrons. The minimum atomic E-state index is 1.14. The number of aromatic nitrogens is 2. The van der Waals surface area contributed by atoms with Crippen molar-refractivity contribution < 1.29 is 0 Å². The van der Waals surface area contributed by atoms with Crippen molar-refractivity contribution >= 4 is 64.9 Å². The van der Waals surface area contributed by atoms with Crippen LogP contribution in [0.15, 0.2) is 207 Å². The van der Waals surface area contributed by atoms with Gasteiger partial charge in [0.05, 0.1) is 11.0 Å². The van der Waals surface area contributed by atoms with Gasteiger partial charge in [-0.2, -0.15) is 0 Å². The van der Waals surface area contributed by atoms with Gasteiger partial charge in [-0.1, -0.05) is 158 Å². The highest BCUT2D eigenvalue weighted by atomic mass is 15.0. The van der Waals surface area contributed by atoms with E-state index in [1.54, 1.807) is 0 Å². The van der Waals surface area contributed by atoms with E-state index >= 15 is 0 Å². The highest BCUT2D eigenvalue weighted by Gasteiger charge is 2.31. The van der Waals surface area contributed by atoms with Crippen molar-refractivity contribution in [3.63, 3.8) is 0 Å². The van der Waals surface area contributed by atoms with Gasteiger partial charge in [0.1, 0.15) is 0 Å². The predicted octanol–water partition coefficient (Wildman–Crippen LogP) is 15.4. The summed E-state index contributed by atoms with van der Waals surface area (Å²) in [6, 6.07) is 72.0. The molecule has 0 unspecified atom stereocenters. The smallest absolute Gasteiger partial charge is 0.0571 e. The molecule has 1 aliphatic carbocycles. The quantitative estimate of drug-likeness (QED) is 0.175. The van der Waals surface area contributed by atoms with Gasteiger partial charge in [0.15, 0.2) is 0 Å². The van der Waals surface area contributed by atoms with Crippen LogP contribution in [0, 0.1) is 0 Å². The van der Waals surface area contributed by atoms with Crippen LogP contribution in [0.2, 0.25) is 0 Å². The molecule has 0 N–H and O–H groups in total. The molecule has 13 rings (SSSR count). The molecule has 2 heteroatoms. The normalized spacial score (nSPS) is 12.1. The maximum atomic E-state index is 4.46. The van der Waals surface area contributed by atoms with Crippen molar-refractivity contribution in [2.24, 2.45) is 0 Å². The largest absolute Gasteiger partial charge is 0.309 e. The molecule has 0 spiro atoms. The molecule has 0 saturated heterocycles. The summed E-state index contributed by atoms with van der Waals surface area (Å²) in [5.41, 5.74) is 16.2. The molecule has 2 heterocycles. The second-order valence-electron chi connectivity index (χ2n) is 15.9. The summed E-state index contributed by atoms with van der Waals surface area (Å²) in [4.78, 5) is 4.46. The molecule has 0 saturated carbocycles. The van der Waals surface area contributed by atoms with E-state index in [-0.39, 0.29) is 0 Å². The minimum Gasteiger partial charge on any atom is -0.309 e. The number of hydrogen-bond donors (Lipinski definition) is 0. The SMILES string of the molecule is c1ccc2cc(-c3c4c(c(-c5ccc6ccccc6c5)c5ccccc35)-c3ccc(-c5ccc(-n6c7ccccc7c7cnccc76)cc5)c5cccc-4c35)ccc2c1. The van der Waals surface area contributed by atoms with Crippen molar-refractivity contribution in [3.8, 4) is 61.3 Å². The van der Waals surface area contributed by atoms with Crippen LogP contribution in [0.1, 0.15) is 0 Å². The number of nitrogens with zero attached hydrogens (tertiary/aromatic N) is 2. The molecule has 0 atom stereocenters. The van der Waals surface area contributed by atoms with Gasteiger partial charge < -0.3 is 4.57 Å². The van der Waals surface area contributed by atoms with Gasteiger partial charge in [0.2, 0.25) is 0 Å². The zero-order valence-electron chi connectivity index (χ0n) is 32.0. The molecule has 0 amide bonds. The Hall–Kier alpha value is -7.81. The highest BCUT2D eigenvalue weighted by molar-refractivity contribution is 6.29. The van der Waals surface area contributed by atoms with Crippen molar-refractivity contribution in [1.82, 2.24) is 9.55 Å². The third-order valence-corrected chi connectivity index (χ3v) is 12.8. The summed E-state index contributed by atoms with van der Waals surface area (Å²) in [7, 11) is 0. The second-order valence-corrected chi connectivity index (χ2v) is 15.9. The molecule has 0 aliphatic heterocycles. The molecule has 0 fully saturated rings. The molecular weight excluding hydrogens is 713 g/mol. The first-order valence-electron chi connectivity index (χ1n) is 20.4. The van der Waals surface area contributed by atoms with E-state index in [1.807, 2.05) is 12.4 Å². The topological polar surface area (TPSA) is 17.8 Å². The van der Waals surface area contributed by atoms with Crippen LogP contribution in [-0.4, -0.2) is 9.55 Å². The van der Waals surface area contributed by atoms with Gasteiger partial charge in [-0.3, -0.25) is 4.98 Å². The average Bonchev–Trinajstić information content (AvgIpc) is 3.82. The zero-order valence-corrected chi connectivity index (χ0v) is 32.0. The van der Waals surface area contributed by atoms with Gasteiger partial charge in [-0.05, 0) is 135 Å². The van der Waals surface area contributed by atoms with Gasteiger partial charge in [0, 0.05) is 28.9 Å². The molecule has 10 aromatic carbocycles. The van der Waals surface area contributed by atoms with Gasteiger partial charge in [-0.15, -0.1) is 0 Å². The molecule has 272 valence electrons. The Labute approximate surface area is 340 Å². The first kappa shape index (κ1) is 32.3. The molecule has 2 nitrogen and oxygen atoms in total. The lowest BCUT2D eigenvalue weighted by molar-refractivity contribution is 1.17. The molecule has 2 aromatic heterocycles. The Morgan fingerprint density at radius 3 is 1.53 bits per heavy atom. The van der Waals surface area contributed by atoms with Crippen LogP contribution in [0.3, 0.4) is 0 Å². The first-order chi connectivity index (χ1) is 29.3. The van der Waals surface area contributed by atoms with E-state index in [0.29, 0.717) is 0 Å². The van der Waals surface area contributed by atoms with E-state index in [9.17, 15) is 0 Å². The molecule has 12 aromatic rings. The molecule has 1 aliphatic rings. The lowest BCUT2D eigenvalue weighted by Crippen LogP contribution is -1.94. The van der Waals surface area contributed by atoms with Crippen molar-refractivity contribution in [1.29, 1.82) is 0 Å². The molecular formula is C57H34N2. The van der Waals surface area contributed by atoms with Crippen LogP contribution in [0.25, 0.3) is 126 Å². The fourth-order valence-electron chi connectivity index (χ4n) is 10.2. The summed E-state index contributed by atoms with van der Waals surface area (Å²) in [6.45, 7) is 0. The van der Waals surface area contributed by atoms with Gasteiger partial charge >= 0.3 is 0 Å². The maximum Gasteiger partial charge on any atom is 0.0571 e. The van der Waals surface area contributed by atoms with E-state index in [4.69, 9.17) is 0 Å². The monoisotopic (exact) mass is 746 g/mol. The van der Waals surface area contributed by atoms with E-state index in [1.165, 1.54) is 110 Å². The van der Waals surface area contributed by atoms with Crippen molar-refractivity contribution in [3.05, 3.63) is 207 Å². The molecule has 59 heavy (non-hydrogen) atoms. The number of para-hydroxylation sites is 1. The summed E-state index contributed by atoms with van der Waals surface area (Å²) < 4.78 is 2.35. The summed E-state index contributed by atoms with van der Waals surface area (Å²) in [5, 5.41) is 12.5. The third kappa shape index (κ3) is 4.66. The van der Waals surface area contributed by atoms with Crippen LogP contribution < -0.4 is 0 Å². The standard InChI is InChI=1S/C57H34N2/c1-3-12-38-32-40(22-20-35(38)10-1)53-46-15-5-6-16-47(46)54(41-23-21-36-11-2-4-13-39(36)33-41)57-49-29-28-43(45-17-9-18-48(55(45)49)56(53)57)37-24-26-42(27-25-37)59-51-19-8-7-14-44(51)50-34-58-31-30-52(50)59/h1-34H. The van der Waals surface area contributed by atoms with Crippen molar-refractivity contribution in [2.75, 3.05) is 0 Å². The highest BCUT2D eigenvalue weighted by Crippen LogP contribution is 2.58. The molecule has 0 bridgehead atoms. The summed E-state index contributed by atoms with van der Waals surface area (Å²) >= 11 is 0. The lowest BCUT2D eigenvalue weighted by Gasteiger charge is -2.21. The average molecular weight is 747 g/mol. The Kier molecular flexibility index (Phi) is 6.76. The Bertz CT molecular complexity index is 3530. The van der Waals surface area contributed by atoms with Crippen molar-refractivity contribution in [2.45, 2.75) is 0 Å². The lowest BCUT2D eigenvalue weighted by atomic mass is 9.82. The fraction of sp³-hybridized carbons (Fsp3) is 0. The third-order valence-electron chi connectivity index (χ3n) is 12.8. The zero-order chi connectivity index (χ0) is 38.6. The Morgan fingerprint density at radius 2 is 0.847 bits per heavy atom. The number of hydrogen-bond acceptors (Lipinski definition) is 1.